The molecule has 0 aromatic rings. The van der Waals surface area contributed by atoms with Gasteiger partial charge in [0.2, 0.25) is 0 Å². The van der Waals surface area contributed by atoms with Gasteiger partial charge >= 0.3 is 0 Å². The van der Waals surface area contributed by atoms with Gasteiger partial charge in [-0.25, -0.2) is 0 Å². The van der Waals surface area contributed by atoms with Gasteiger partial charge in [0.1, 0.15) is 0 Å². The Morgan fingerprint density at radius 3 is 1.40 bits per heavy atom. The highest BCUT2D eigenvalue weighted by Gasteiger charge is 2.46. The molecular formula is C17H40OSi2. The summed E-state index contributed by atoms with van der Waals surface area (Å²) < 4.78 is 6.56. The van der Waals surface area contributed by atoms with E-state index in [4.69, 9.17) is 4.43 Å². The summed E-state index contributed by atoms with van der Waals surface area (Å²) in [6, 6.07) is 2.87. The van der Waals surface area contributed by atoms with E-state index in [1.807, 2.05) is 0 Å². The highest BCUT2D eigenvalue weighted by Crippen LogP contribution is 2.33. The van der Waals surface area contributed by atoms with Gasteiger partial charge in [0.05, 0.1) is 7.59 Å². The first kappa shape index (κ1) is 20.4. The third kappa shape index (κ3) is 7.42. The van der Waals surface area contributed by atoms with Crippen LogP contribution in [0.4, 0.5) is 0 Å². The Balaban J connectivity index is 4.59. The van der Waals surface area contributed by atoms with E-state index in [2.05, 4.69) is 40.4 Å². The highest BCUT2D eigenvalue weighted by molar-refractivity contribution is 7.38. The molecule has 0 N–H and O–H groups in total. The van der Waals surface area contributed by atoms with Crippen LogP contribution in [0.1, 0.15) is 72.1 Å². The van der Waals surface area contributed by atoms with Gasteiger partial charge in [-0.3, -0.25) is 0 Å². The van der Waals surface area contributed by atoms with Crippen LogP contribution >= 0.6 is 0 Å². The minimum Gasteiger partial charge on any atom is -0.420 e. The zero-order valence-corrected chi connectivity index (χ0v) is 17.2. The van der Waals surface area contributed by atoms with Gasteiger partial charge in [0.25, 0.3) is 0 Å². The second kappa shape index (κ2) is 11.0. The zero-order chi connectivity index (χ0) is 15.5. The molecule has 0 bridgehead atoms. The molecule has 0 aliphatic heterocycles. The van der Waals surface area contributed by atoms with E-state index in [-0.39, 0.29) is 0 Å². The predicted octanol–water partition coefficient (Wildman–Crippen LogP) is 6.55. The number of hydrogen-bond acceptors (Lipinski definition) is 1. The summed E-state index contributed by atoms with van der Waals surface area (Å²) in [5.41, 5.74) is 0. The van der Waals surface area contributed by atoms with Crippen LogP contribution in [0.2, 0.25) is 31.7 Å². The van der Waals surface area contributed by atoms with E-state index >= 15 is 0 Å². The van der Waals surface area contributed by atoms with Crippen molar-refractivity contribution in [3.63, 3.8) is 0 Å². The van der Waals surface area contributed by atoms with Gasteiger partial charge in [-0.05, 0) is 19.0 Å². The van der Waals surface area contributed by atoms with E-state index in [0.29, 0.717) is 0 Å². The fourth-order valence-corrected chi connectivity index (χ4v) is 15.1. The molecule has 0 amide bonds. The standard InChI is InChI=1S/C17H40OSi2/c1-7-10-12-14-16-20(18-9-3,19(4,5)6)17-15-13-11-8-2/h7-17H2,1-6H3. The molecule has 0 aromatic carbocycles. The average Bonchev–Trinajstić information content (AvgIpc) is 2.38. The first-order valence-corrected chi connectivity index (χ1v) is 15.9. The van der Waals surface area contributed by atoms with Crippen LogP contribution in [0.3, 0.4) is 0 Å². The van der Waals surface area contributed by atoms with Crippen LogP contribution < -0.4 is 0 Å². The molecule has 0 radical (unpaired) electrons. The zero-order valence-electron chi connectivity index (χ0n) is 15.2. The molecule has 1 nitrogen and oxygen atoms in total. The third-order valence-corrected chi connectivity index (χ3v) is 20.7. The first-order chi connectivity index (χ1) is 9.43. The molecule has 0 rings (SSSR count). The van der Waals surface area contributed by atoms with Crippen molar-refractivity contribution in [3.8, 4) is 0 Å². The predicted molar refractivity (Wildman–Crippen MR) is 98.6 cm³/mol. The Kier molecular flexibility index (Phi) is 11.2. The largest absolute Gasteiger partial charge is 0.420 e. The van der Waals surface area contributed by atoms with Crippen molar-refractivity contribution in [1.29, 1.82) is 0 Å². The lowest BCUT2D eigenvalue weighted by atomic mass is 10.2. The molecular weight excluding hydrogens is 276 g/mol. The van der Waals surface area contributed by atoms with E-state index in [1.165, 1.54) is 63.5 Å². The van der Waals surface area contributed by atoms with Gasteiger partial charge in [-0.2, -0.15) is 0 Å². The minimum absolute atomic E-state index is 0.943. The van der Waals surface area contributed by atoms with Gasteiger partial charge < -0.3 is 4.43 Å². The molecule has 0 aromatic heterocycles. The Morgan fingerprint density at radius 1 is 0.650 bits per heavy atom. The van der Waals surface area contributed by atoms with Crippen molar-refractivity contribution in [2.24, 2.45) is 0 Å². The van der Waals surface area contributed by atoms with Crippen molar-refractivity contribution < 1.29 is 4.43 Å². The molecule has 0 fully saturated rings. The topological polar surface area (TPSA) is 9.23 Å². The summed E-state index contributed by atoms with van der Waals surface area (Å²) in [7, 11) is -2.62. The minimum atomic E-state index is -1.46. The van der Waals surface area contributed by atoms with Crippen LogP contribution in [-0.4, -0.2) is 22.0 Å². The number of unbranched alkanes of at least 4 members (excludes halogenated alkanes) is 6. The Bertz CT molecular complexity index is 212. The molecule has 0 saturated carbocycles. The molecule has 0 aliphatic rings. The fourth-order valence-electron chi connectivity index (χ4n) is 3.19. The highest BCUT2D eigenvalue weighted by atomic mass is 29.3. The maximum atomic E-state index is 6.56. The average molecular weight is 317 g/mol. The Hall–Kier alpha value is 0.394. The number of hydrogen-bond donors (Lipinski definition) is 0. The molecule has 0 spiro atoms. The van der Waals surface area contributed by atoms with Crippen molar-refractivity contribution >= 4 is 15.4 Å². The van der Waals surface area contributed by atoms with Gasteiger partial charge in [-0.1, -0.05) is 84.9 Å². The lowest BCUT2D eigenvalue weighted by Gasteiger charge is -2.41. The maximum Gasteiger partial charge on any atom is 0.179 e. The molecule has 0 unspecified atom stereocenters. The third-order valence-electron chi connectivity index (χ3n) is 4.66. The van der Waals surface area contributed by atoms with Crippen LogP contribution in [0.25, 0.3) is 0 Å². The molecule has 3 heteroatoms. The summed E-state index contributed by atoms with van der Waals surface area (Å²) >= 11 is 0. The van der Waals surface area contributed by atoms with Gasteiger partial charge in [-0.15, -0.1) is 0 Å². The normalized spacial score (nSPS) is 12.9. The van der Waals surface area contributed by atoms with Crippen molar-refractivity contribution in [3.05, 3.63) is 0 Å². The van der Waals surface area contributed by atoms with E-state index in [9.17, 15) is 0 Å². The summed E-state index contributed by atoms with van der Waals surface area (Å²) in [5.74, 6) is 0. The fraction of sp³-hybridized carbons (Fsp3) is 1.00. The van der Waals surface area contributed by atoms with Crippen LogP contribution in [-0.2, 0) is 4.43 Å². The second-order valence-corrected chi connectivity index (χ2v) is 22.3. The molecule has 0 aliphatic carbocycles. The number of rotatable bonds is 13. The monoisotopic (exact) mass is 316 g/mol. The summed E-state index contributed by atoms with van der Waals surface area (Å²) in [4.78, 5) is 0. The molecule has 20 heavy (non-hydrogen) atoms. The van der Waals surface area contributed by atoms with Gasteiger partial charge in [0, 0.05) is 6.61 Å². The van der Waals surface area contributed by atoms with Gasteiger partial charge in [0.15, 0.2) is 7.83 Å². The smallest absolute Gasteiger partial charge is 0.179 e. The molecule has 122 valence electrons. The molecule has 0 saturated heterocycles. The Morgan fingerprint density at radius 2 is 1.10 bits per heavy atom. The van der Waals surface area contributed by atoms with E-state index < -0.39 is 15.4 Å². The second-order valence-electron chi connectivity index (χ2n) is 7.30. The molecule has 0 atom stereocenters. The summed E-state index contributed by atoms with van der Waals surface area (Å²) in [6.45, 7) is 15.4. The van der Waals surface area contributed by atoms with Crippen LogP contribution in [0.5, 0.6) is 0 Å². The first-order valence-electron chi connectivity index (χ1n) is 9.07. The molecule has 0 heterocycles. The maximum absolute atomic E-state index is 6.56. The lowest BCUT2D eigenvalue weighted by Crippen LogP contribution is -2.59. The van der Waals surface area contributed by atoms with E-state index in [1.54, 1.807) is 0 Å². The van der Waals surface area contributed by atoms with E-state index in [0.717, 1.165) is 6.61 Å². The van der Waals surface area contributed by atoms with Crippen molar-refractivity contribution in [2.75, 3.05) is 6.61 Å². The van der Waals surface area contributed by atoms with Crippen LogP contribution in [0, 0.1) is 0 Å². The summed E-state index contributed by atoms with van der Waals surface area (Å²) in [5, 5.41) is 0. The van der Waals surface area contributed by atoms with Crippen LogP contribution in [0.15, 0.2) is 0 Å². The SMILES string of the molecule is CCCCCC[Si](CCCCCC)(OCC)[Si](C)(C)C. The Labute approximate surface area is 130 Å². The van der Waals surface area contributed by atoms with Crippen molar-refractivity contribution in [1.82, 2.24) is 0 Å². The lowest BCUT2D eigenvalue weighted by molar-refractivity contribution is 0.328. The van der Waals surface area contributed by atoms with Crippen molar-refractivity contribution in [2.45, 2.75) is 104 Å². The summed E-state index contributed by atoms with van der Waals surface area (Å²) in [6.07, 6.45) is 11.1. The quantitative estimate of drug-likeness (QED) is 0.277.